The third-order valence-corrected chi connectivity index (χ3v) is 12.3. The van der Waals surface area contributed by atoms with Crippen molar-refractivity contribution >= 4 is 200 Å². The SMILES string of the molecule is C.C.C.C.CC(=S)[S-].CC(C)(S)C(N)C(=O)O.CC1(C)SC(Nc2c[nH]ccc2=O)=NC1C(=O)O.CC1(C)SC(Nc2c[nH]ccc2=O)=NC1C(=O)O.Cl.Clc1nc2cnccc2o1.Nc1c[nH]ccc1=O.O=S(Cl)Cl.S=c1[nH]c2cnccc2o1.[2H]CF.[K+]. The average Bonchev–Trinajstić information content (AvgIpc) is 4.37. The number of nitrogen functional groups attached to an aromatic ring is 1. The van der Waals surface area contributed by atoms with E-state index in [4.69, 9.17) is 65.0 Å². The first-order valence-electron chi connectivity index (χ1n) is 23.3. The maximum absolute atomic E-state index is 11.5. The van der Waals surface area contributed by atoms with Crippen LogP contribution < -0.4 is 89.8 Å². The van der Waals surface area contributed by atoms with Crippen molar-refractivity contribution in [3.05, 3.63) is 133 Å². The first-order chi connectivity index (χ1) is 39.1. The van der Waals surface area contributed by atoms with Gasteiger partial charge in [0.05, 0.1) is 36.1 Å². The number of nitrogens with two attached hydrogens (primary N) is 2. The smallest absolute Gasteiger partial charge is 0.480 e. The van der Waals surface area contributed by atoms with Gasteiger partial charge in [0.15, 0.2) is 33.6 Å². The van der Waals surface area contributed by atoms with E-state index in [9.17, 15) is 33.2 Å². The standard InChI is InChI=1S/2C11H13N3O3S.C6H3ClN2O.C6H4N2OS.C5H6N2O.C5H11NO2S.C2H4S2.CH3F.4CH4.Cl2OS.ClH.K/c2*1-11(2)8(9(16)17)14-10(18-11)13-6-5-12-4-3-7(6)15;7-6-9-4-3-8-2-1-5(4)10-6;10-6-8-4-3-7-2-1-5(4)9-6;6-4-3-7-2-1-5(4)8;1-5(2,9)3(6)4(7)8;1-2(3)4;1-2;;;;;1-4(2)3;;/h2*3-5,8H,1-2H3,(H,12,15)(H,13,14)(H,16,17);1-3H;1-3H,(H,8,10);1-3H,6H2,(H,7,8);3,9H,6H2,1-2H3,(H,7,8);1H3,(H,3,4);1H3;4*1H4;;1H;/q;;;;;;;;;;;;;;+1/p-1/i;;;;;;;1D;;;;;;;. The number of carboxylic acids is 3. The molecule has 0 amide bonds. The van der Waals surface area contributed by atoms with Crippen LogP contribution in [0.3, 0.4) is 0 Å². The van der Waals surface area contributed by atoms with Crippen molar-refractivity contribution in [2.75, 3.05) is 23.5 Å². The molecule has 38 heteroatoms. The van der Waals surface area contributed by atoms with Gasteiger partial charge in [0, 0.05) is 106 Å². The van der Waals surface area contributed by atoms with Gasteiger partial charge in [-0.2, -0.15) is 21.8 Å². The number of carbonyl (C=O) groups is 3. The molecule has 0 aromatic carbocycles. The number of carboxylic acid groups (broad SMARTS) is 3. The molecule has 0 bridgehead atoms. The summed E-state index contributed by atoms with van der Waals surface area (Å²) in [6.45, 7) is 12.3. The number of aliphatic carboxylic acids is 3. The first kappa shape index (κ1) is 93.4. The number of oxazole rings is 2. The second kappa shape index (κ2) is 47.5. The zero-order valence-corrected chi connectivity index (χ0v) is 57.8. The molecule has 0 aliphatic carbocycles. The zero-order chi connectivity index (χ0) is 64.1. The summed E-state index contributed by atoms with van der Waals surface area (Å²) in [5.74, 6) is -2.95. The number of nitrogens with one attached hydrogen (secondary N) is 6. The average molecular weight is 1490 g/mol. The van der Waals surface area contributed by atoms with Crippen molar-refractivity contribution in [1.29, 1.82) is 0 Å². The number of amidine groups is 2. The van der Waals surface area contributed by atoms with Gasteiger partial charge in [-0.15, -0.1) is 12.4 Å². The number of aliphatic imine (C=N–C) groups is 2. The Labute approximate surface area is 610 Å². The first-order valence-corrected chi connectivity index (χ1v) is 29.1. The van der Waals surface area contributed by atoms with Gasteiger partial charge in [-0.1, -0.05) is 60.2 Å². The van der Waals surface area contributed by atoms with E-state index in [0.29, 0.717) is 41.8 Å². The molecule has 7 aromatic rings. The molecular weight excluding hydrogens is 1410 g/mol. The van der Waals surface area contributed by atoms with Crippen LogP contribution in [0.2, 0.25) is 5.35 Å². The normalized spacial score (nSPS) is 14.2. The van der Waals surface area contributed by atoms with Crippen molar-refractivity contribution in [1.82, 2.24) is 34.9 Å². The molecule has 9 rings (SSSR count). The van der Waals surface area contributed by atoms with Gasteiger partial charge < -0.3 is 91.0 Å². The zero-order valence-electron chi connectivity index (χ0n) is 46.8. The number of hydrogen-bond donors (Lipinski definition) is 12. The molecule has 0 fully saturated rings. The van der Waals surface area contributed by atoms with Crippen LogP contribution in [0.15, 0.2) is 126 Å². The predicted octanol–water partition coefficient (Wildman–Crippen LogP) is 8.55. The third-order valence-electron chi connectivity index (χ3n) is 9.39. The summed E-state index contributed by atoms with van der Waals surface area (Å²) >= 11 is 25.6. The largest absolute Gasteiger partial charge is 1.00 e. The van der Waals surface area contributed by atoms with Gasteiger partial charge >= 0.3 is 69.3 Å². The van der Waals surface area contributed by atoms with Crippen molar-refractivity contribution in [2.45, 2.75) is 111 Å². The summed E-state index contributed by atoms with van der Waals surface area (Å²) in [4.78, 5) is 97.1. The van der Waals surface area contributed by atoms with Gasteiger partial charge in [0.25, 0.3) is 10.2 Å². The molecular formula is C51H73Cl4FKN13O12S7. The Hall–Kier alpha value is -4.34. The van der Waals surface area contributed by atoms with Crippen LogP contribution in [0, 0.1) is 4.84 Å². The summed E-state index contributed by atoms with van der Waals surface area (Å²) in [5.41, 5.74) is 13.8. The molecule has 9 heterocycles. The molecule has 0 saturated heterocycles. The number of thioether (sulfide) groups is 2. The topological polar surface area (TPSA) is 409 Å². The van der Waals surface area contributed by atoms with Crippen molar-refractivity contribution < 1.29 is 99.9 Å². The Morgan fingerprint density at radius 3 is 1.52 bits per heavy atom. The van der Waals surface area contributed by atoms with E-state index in [0.717, 1.165) is 11.1 Å². The minimum atomic E-state index is -1.67. The number of halogens is 5. The van der Waals surface area contributed by atoms with Crippen molar-refractivity contribution in [3.8, 4) is 0 Å². The van der Waals surface area contributed by atoms with Gasteiger partial charge in [0.1, 0.15) is 28.5 Å². The number of anilines is 3. The fourth-order valence-electron chi connectivity index (χ4n) is 5.57. The maximum atomic E-state index is 11.5. The Morgan fingerprint density at radius 1 is 0.831 bits per heavy atom. The van der Waals surface area contributed by atoms with Crippen LogP contribution >= 0.6 is 106 Å². The number of aromatic nitrogens is 7. The van der Waals surface area contributed by atoms with Crippen LogP contribution in [-0.4, -0.2) is 126 Å². The summed E-state index contributed by atoms with van der Waals surface area (Å²) in [6.07, 6.45) is 15.7. The number of thiol groups is 1. The Balaban J connectivity index is -0.000000229. The van der Waals surface area contributed by atoms with Gasteiger partial charge in [-0.3, -0.25) is 33.5 Å². The van der Waals surface area contributed by atoms with Gasteiger partial charge in [0.2, 0.25) is 25.5 Å². The summed E-state index contributed by atoms with van der Waals surface area (Å²) < 4.78 is 33.5. The summed E-state index contributed by atoms with van der Waals surface area (Å²) in [6, 6.07) is 5.12. The van der Waals surface area contributed by atoms with Crippen molar-refractivity contribution in [2.24, 2.45) is 15.7 Å². The number of thiocarbonyl (C=S) groups is 1. The quantitative estimate of drug-likeness (QED) is 0.0244. The molecule has 492 valence electrons. The van der Waals surface area contributed by atoms with E-state index in [-0.39, 0.29) is 121 Å². The molecule has 0 saturated carbocycles. The molecule has 2 aliphatic heterocycles. The van der Waals surface area contributed by atoms with E-state index in [2.05, 4.69) is 114 Å². The van der Waals surface area contributed by atoms with Crippen molar-refractivity contribution in [3.63, 3.8) is 0 Å². The number of aromatic amines is 4. The van der Waals surface area contributed by atoms with Crippen LogP contribution in [0.1, 0.15) is 79.5 Å². The fraction of sp³-hybridized carbons (Fsp3) is 0.353. The fourth-order valence-corrected chi connectivity index (χ4v) is 8.22. The maximum Gasteiger partial charge on any atom is 1.00 e. The number of hydrogen-bond acceptors (Lipinski definition) is 24. The third kappa shape index (κ3) is 37.1. The van der Waals surface area contributed by atoms with Crippen LogP contribution in [0.25, 0.3) is 22.2 Å². The Bertz CT molecular complexity index is 3430. The number of pyridine rings is 5. The number of H-pyrrole nitrogens is 4. The van der Waals surface area contributed by atoms with E-state index in [1.807, 2.05) is 27.7 Å². The molecule has 3 unspecified atom stereocenters. The van der Waals surface area contributed by atoms with Crippen LogP contribution in [0.5, 0.6) is 0 Å². The molecule has 2 aliphatic rings. The van der Waals surface area contributed by atoms with E-state index in [1.165, 1.54) is 72.7 Å². The second-order valence-corrected chi connectivity index (χ2v) is 26.3. The number of alkyl halides is 1. The molecule has 0 radical (unpaired) electrons. The Morgan fingerprint density at radius 2 is 1.21 bits per heavy atom. The summed E-state index contributed by atoms with van der Waals surface area (Å²) in [7, 11) is 6.36. The monoisotopic (exact) mass is 1480 g/mol. The summed E-state index contributed by atoms with van der Waals surface area (Å²) in [5, 5.41) is 33.2. The second-order valence-electron chi connectivity index (χ2n) is 17.2. The van der Waals surface area contributed by atoms with E-state index >= 15 is 0 Å². The minimum absolute atomic E-state index is 0. The van der Waals surface area contributed by atoms with Gasteiger partial charge in [-0.05, 0) is 65.4 Å². The molecule has 3 atom stereocenters. The Kier molecular flexibility index (Phi) is 49.9. The van der Waals surface area contributed by atoms with Crippen LogP contribution in [0.4, 0.5) is 21.5 Å². The van der Waals surface area contributed by atoms with Crippen LogP contribution in [-0.2, 0) is 36.2 Å². The molecule has 0 spiro atoms. The molecule has 25 nitrogen and oxygen atoms in total. The van der Waals surface area contributed by atoms with E-state index in [1.54, 1.807) is 63.9 Å². The van der Waals surface area contributed by atoms with E-state index < -0.39 is 66.7 Å². The van der Waals surface area contributed by atoms with Gasteiger partial charge in [-0.25, -0.2) is 23.8 Å². The number of nitrogens with zero attached hydrogens (tertiary/aromatic N) is 5. The number of fused-ring (bicyclic) bond motifs is 2. The predicted molar refractivity (Wildman–Crippen MR) is 375 cm³/mol. The molecule has 7 aromatic heterocycles. The molecule has 89 heavy (non-hydrogen) atoms. The molecule has 13 N–H and O–H groups in total. The minimum Gasteiger partial charge on any atom is -0.480 e. The number of rotatable bonds is 6.